The fraction of sp³-hybridized carbons (Fsp3) is 0.600. The average Bonchev–Trinajstić information content (AvgIpc) is 3.17. The van der Waals surface area contributed by atoms with Crippen LogP contribution in [-0.2, 0) is 20.8 Å². The van der Waals surface area contributed by atoms with Crippen LogP contribution in [0.3, 0.4) is 0 Å². The van der Waals surface area contributed by atoms with Crippen LogP contribution in [0.4, 0.5) is 5.00 Å². The van der Waals surface area contributed by atoms with Crippen LogP contribution >= 0.6 is 23.1 Å². The van der Waals surface area contributed by atoms with E-state index in [9.17, 15) is 9.59 Å². The molecule has 0 bridgehead atoms. The summed E-state index contributed by atoms with van der Waals surface area (Å²) in [4.78, 5) is 25.7. The van der Waals surface area contributed by atoms with Gasteiger partial charge in [0.25, 0.3) is 0 Å². The van der Waals surface area contributed by atoms with Gasteiger partial charge in [0.15, 0.2) is 5.16 Å². The van der Waals surface area contributed by atoms with Gasteiger partial charge in [-0.1, -0.05) is 11.8 Å². The van der Waals surface area contributed by atoms with E-state index < -0.39 is 5.97 Å². The lowest BCUT2D eigenvalue weighted by Crippen LogP contribution is -2.19. The number of rotatable bonds is 8. The predicted octanol–water partition coefficient (Wildman–Crippen LogP) is 3.53. The van der Waals surface area contributed by atoms with E-state index in [0.29, 0.717) is 16.5 Å². The minimum atomic E-state index is -0.440. The molecule has 3 heterocycles. The van der Waals surface area contributed by atoms with Gasteiger partial charge >= 0.3 is 5.97 Å². The summed E-state index contributed by atoms with van der Waals surface area (Å²) in [5, 5.41) is 12.9. The molecule has 1 N–H and O–H groups in total. The summed E-state index contributed by atoms with van der Waals surface area (Å²) >= 11 is 2.75. The Labute approximate surface area is 183 Å². The Hall–Kier alpha value is -1.91. The molecule has 4 rings (SSSR count). The molecule has 1 saturated heterocycles. The Morgan fingerprint density at radius 1 is 1.30 bits per heavy atom. The highest BCUT2D eigenvalue weighted by Crippen LogP contribution is 2.40. The van der Waals surface area contributed by atoms with Crippen molar-refractivity contribution in [3.05, 3.63) is 21.8 Å². The van der Waals surface area contributed by atoms with Gasteiger partial charge in [-0.2, -0.15) is 0 Å². The van der Waals surface area contributed by atoms with E-state index in [1.807, 2.05) is 13.8 Å². The maximum absolute atomic E-state index is 12.6. The van der Waals surface area contributed by atoms with Gasteiger partial charge in [-0.3, -0.25) is 4.79 Å². The van der Waals surface area contributed by atoms with Crippen LogP contribution in [0.2, 0.25) is 0 Å². The van der Waals surface area contributed by atoms with Crippen molar-refractivity contribution in [2.45, 2.75) is 63.3 Å². The Balaban J connectivity index is 1.43. The van der Waals surface area contributed by atoms with Gasteiger partial charge in [0.05, 0.1) is 31.1 Å². The third-order valence-corrected chi connectivity index (χ3v) is 7.55. The van der Waals surface area contributed by atoms with Crippen molar-refractivity contribution in [2.24, 2.45) is 0 Å². The summed E-state index contributed by atoms with van der Waals surface area (Å²) in [6.45, 7) is 5.32. The van der Waals surface area contributed by atoms with E-state index in [1.165, 1.54) is 30.2 Å². The van der Waals surface area contributed by atoms with E-state index in [-0.39, 0.29) is 17.8 Å². The number of thiophene rings is 1. The number of amides is 1. The second kappa shape index (κ2) is 9.07. The molecule has 0 radical (unpaired) electrons. The van der Waals surface area contributed by atoms with Gasteiger partial charge in [-0.25, -0.2) is 4.79 Å². The highest BCUT2D eigenvalue weighted by atomic mass is 32.2. The zero-order valence-corrected chi connectivity index (χ0v) is 19.0. The molecule has 2 aromatic rings. The summed E-state index contributed by atoms with van der Waals surface area (Å²) in [6, 6.07) is 0. The standard InChI is InChI=1S/C20H26N4O4S2/c1-11-12(2)30-18(16(11)19(26)27-3)21-15(25)10-29-20-23-22-17(13-6-7-13)24(20)9-14-5-4-8-28-14/h13-14H,4-10H2,1-3H3,(H,21,25). The number of carbonyl (C=O) groups is 2. The molecule has 162 valence electrons. The first-order chi connectivity index (χ1) is 14.5. The Kier molecular flexibility index (Phi) is 6.45. The van der Waals surface area contributed by atoms with E-state index >= 15 is 0 Å². The number of hydrogen-bond acceptors (Lipinski definition) is 8. The average molecular weight is 451 g/mol. The molecule has 1 atom stereocenters. The maximum Gasteiger partial charge on any atom is 0.341 e. The number of carbonyl (C=O) groups excluding carboxylic acids is 2. The number of aromatic nitrogens is 3. The summed E-state index contributed by atoms with van der Waals surface area (Å²) in [6.07, 6.45) is 4.59. The van der Waals surface area contributed by atoms with Crippen molar-refractivity contribution in [1.82, 2.24) is 14.8 Å². The van der Waals surface area contributed by atoms with E-state index in [0.717, 1.165) is 60.3 Å². The molecule has 1 aliphatic heterocycles. The van der Waals surface area contributed by atoms with Crippen molar-refractivity contribution in [2.75, 3.05) is 24.8 Å². The van der Waals surface area contributed by atoms with Crippen LogP contribution in [0.1, 0.15) is 58.2 Å². The maximum atomic E-state index is 12.6. The lowest BCUT2D eigenvalue weighted by atomic mass is 10.1. The highest BCUT2D eigenvalue weighted by molar-refractivity contribution is 7.99. The number of nitrogens with zero attached hydrogens (tertiary/aromatic N) is 3. The van der Waals surface area contributed by atoms with E-state index in [2.05, 4.69) is 20.1 Å². The Bertz CT molecular complexity index is 945. The second-order valence-corrected chi connectivity index (χ2v) is 9.84. The summed E-state index contributed by atoms with van der Waals surface area (Å²) in [5.41, 5.74) is 1.26. The van der Waals surface area contributed by atoms with Crippen molar-refractivity contribution in [3.8, 4) is 0 Å². The third kappa shape index (κ3) is 4.55. The minimum absolute atomic E-state index is 0.185. The number of thioether (sulfide) groups is 1. The van der Waals surface area contributed by atoms with Crippen molar-refractivity contribution < 1.29 is 19.1 Å². The number of esters is 1. The fourth-order valence-electron chi connectivity index (χ4n) is 3.57. The zero-order chi connectivity index (χ0) is 21.3. The number of hydrogen-bond donors (Lipinski definition) is 1. The molecule has 2 aromatic heterocycles. The van der Waals surface area contributed by atoms with Crippen molar-refractivity contribution >= 4 is 40.0 Å². The molecular formula is C20H26N4O4S2. The molecule has 1 saturated carbocycles. The SMILES string of the molecule is COC(=O)c1c(NC(=O)CSc2nnc(C3CC3)n2CC2CCCO2)sc(C)c1C. The first-order valence-electron chi connectivity index (χ1n) is 10.1. The van der Waals surface area contributed by atoms with Crippen LogP contribution < -0.4 is 5.32 Å². The van der Waals surface area contributed by atoms with Gasteiger partial charge in [0.2, 0.25) is 5.91 Å². The number of aryl methyl sites for hydroxylation is 1. The number of methoxy groups -OCH3 is 1. The van der Waals surface area contributed by atoms with Gasteiger partial charge in [-0.15, -0.1) is 21.5 Å². The van der Waals surface area contributed by atoms with E-state index in [4.69, 9.17) is 9.47 Å². The van der Waals surface area contributed by atoms with Crippen LogP contribution in [-0.4, -0.2) is 52.2 Å². The molecule has 0 aromatic carbocycles. The number of nitrogens with one attached hydrogen (secondary N) is 1. The lowest BCUT2D eigenvalue weighted by molar-refractivity contribution is -0.113. The highest BCUT2D eigenvalue weighted by Gasteiger charge is 2.32. The van der Waals surface area contributed by atoms with Crippen molar-refractivity contribution in [3.63, 3.8) is 0 Å². The number of anilines is 1. The Morgan fingerprint density at radius 3 is 2.77 bits per heavy atom. The first kappa shape index (κ1) is 21.3. The molecule has 0 spiro atoms. The predicted molar refractivity (Wildman–Crippen MR) is 115 cm³/mol. The fourth-order valence-corrected chi connectivity index (χ4v) is 5.39. The molecule has 1 amide bonds. The molecule has 10 heteroatoms. The Morgan fingerprint density at radius 2 is 2.10 bits per heavy atom. The lowest BCUT2D eigenvalue weighted by Gasteiger charge is -2.14. The molecule has 8 nitrogen and oxygen atoms in total. The smallest absolute Gasteiger partial charge is 0.341 e. The van der Waals surface area contributed by atoms with Gasteiger partial charge in [0, 0.05) is 17.4 Å². The molecule has 1 unspecified atom stereocenters. The van der Waals surface area contributed by atoms with Gasteiger partial charge in [0.1, 0.15) is 10.8 Å². The minimum Gasteiger partial charge on any atom is -0.465 e. The molecule has 30 heavy (non-hydrogen) atoms. The zero-order valence-electron chi connectivity index (χ0n) is 17.4. The van der Waals surface area contributed by atoms with Crippen LogP contribution in [0, 0.1) is 13.8 Å². The van der Waals surface area contributed by atoms with Crippen molar-refractivity contribution in [1.29, 1.82) is 0 Å². The molecule has 2 aliphatic rings. The quantitative estimate of drug-likeness (QED) is 0.485. The molecular weight excluding hydrogens is 424 g/mol. The van der Waals surface area contributed by atoms with Gasteiger partial charge < -0.3 is 19.4 Å². The number of ether oxygens (including phenoxy) is 2. The molecule has 2 fully saturated rings. The summed E-state index contributed by atoms with van der Waals surface area (Å²) in [7, 11) is 1.34. The van der Waals surface area contributed by atoms with E-state index in [1.54, 1.807) is 0 Å². The summed E-state index contributed by atoms with van der Waals surface area (Å²) in [5.74, 6) is 1.04. The van der Waals surface area contributed by atoms with Crippen LogP contribution in [0.5, 0.6) is 0 Å². The van der Waals surface area contributed by atoms with Crippen LogP contribution in [0.15, 0.2) is 5.16 Å². The second-order valence-electron chi connectivity index (χ2n) is 7.68. The largest absolute Gasteiger partial charge is 0.465 e. The normalized spacial score (nSPS) is 18.6. The third-order valence-electron chi connectivity index (χ3n) is 5.46. The van der Waals surface area contributed by atoms with Crippen LogP contribution in [0.25, 0.3) is 0 Å². The first-order valence-corrected chi connectivity index (χ1v) is 11.9. The monoisotopic (exact) mass is 450 g/mol. The molecule has 1 aliphatic carbocycles. The topological polar surface area (TPSA) is 95.3 Å². The van der Waals surface area contributed by atoms with Gasteiger partial charge in [-0.05, 0) is 45.1 Å². The summed E-state index contributed by atoms with van der Waals surface area (Å²) < 4.78 is 12.8.